The molecule has 0 aliphatic carbocycles. The fraction of sp³-hybridized carbons (Fsp3) is 0.455. The van der Waals surface area contributed by atoms with Gasteiger partial charge in [0.15, 0.2) is 5.78 Å². The maximum Gasteiger partial charge on any atom is 0.156 e. The summed E-state index contributed by atoms with van der Waals surface area (Å²) < 4.78 is 0. The third-order valence-electron chi connectivity index (χ3n) is 4.87. The Kier molecular flexibility index (Phi) is 8.26. The van der Waals surface area contributed by atoms with E-state index < -0.39 is 6.04 Å². The molecule has 0 aliphatic rings. The molecule has 2 atom stereocenters. The lowest BCUT2D eigenvalue weighted by atomic mass is 9.87. The van der Waals surface area contributed by atoms with Crippen LogP contribution in [0.15, 0.2) is 42.5 Å². The van der Waals surface area contributed by atoms with Crippen molar-refractivity contribution in [1.29, 1.82) is 0 Å². The van der Waals surface area contributed by atoms with Crippen LogP contribution in [-0.2, 0) is 11.2 Å². The standard InChI is InChI=1S/C22H30ClN3O/c1-4-26(5-2)21-11-7-9-19(25-21)8-6-10-20(22(27)16(3)24)17-12-14-18(23)15-13-17/h7,9,11-16,20H,4-6,8,10,24H2,1-3H3/t16-,20?/m0/s1. The fourth-order valence-corrected chi connectivity index (χ4v) is 3.43. The first-order valence-corrected chi connectivity index (χ1v) is 10.1. The molecule has 146 valence electrons. The van der Waals surface area contributed by atoms with Crippen LogP contribution in [0.25, 0.3) is 0 Å². The quantitative estimate of drug-likeness (QED) is 0.647. The number of pyridine rings is 1. The average Bonchev–Trinajstić information content (AvgIpc) is 2.67. The van der Waals surface area contributed by atoms with Crippen molar-refractivity contribution in [3.63, 3.8) is 0 Å². The lowest BCUT2D eigenvalue weighted by Crippen LogP contribution is -2.31. The molecule has 2 N–H and O–H groups in total. The number of ketones is 1. The summed E-state index contributed by atoms with van der Waals surface area (Å²) in [4.78, 5) is 19.6. The average molecular weight is 388 g/mol. The number of aryl methyl sites for hydroxylation is 1. The van der Waals surface area contributed by atoms with Crippen LogP contribution in [0.4, 0.5) is 5.82 Å². The lowest BCUT2D eigenvalue weighted by molar-refractivity contribution is -0.121. The molecule has 0 saturated heterocycles. The predicted octanol–water partition coefficient (Wildman–Crippen LogP) is 4.60. The monoisotopic (exact) mass is 387 g/mol. The third-order valence-corrected chi connectivity index (χ3v) is 5.12. The Bertz CT molecular complexity index is 727. The van der Waals surface area contributed by atoms with Crippen molar-refractivity contribution in [2.75, 3.05) is 18.0 Å². The van der Waals surface area contributed by atoms with Crippen LogP contribution in [0.2, 0.25) is 5.02 Å². The van der Waals surface area contributed by atoms with Crippen molar-refractivity contribution >= 4 is 23.2 Å². The molecule has 27 heavy (non-hydrogen) atoms. The van der Waals surface area contributed by atoms with E-state index in [1.165, 1.54) is 0 Å². The van der Waals surface area contributed by atoms with Gasteiger partial charge < -0.3 is 10.6 Å². The van der Waals surface area contributed by atoms with Gasteiger partial charge in [0.25, 0.3) is 0 Å². The highest BCUT2D eigenvalue weighted by Crippen LogP contribution is 2.26. The molecule has 2 rings (SSSR count). The summed E-state index contributed by atoms with van der Waals surface area (Å²) in [7, 11) is 0. The number of aromatic nitrogens is 1. The summed E-state index contributed by atoms with van der Waals surface area (Å²) in [6.45, 7) is 7.89. The number of halogens is 1. The minimum absolute atomic E-state index is 0.0715. The van der Waals surface area contributed by atoms with Gasteiger partial charge in [-0.1, -0.05) is 29.8 Å². The smallest absolute Gasteiger partial charge is 0.156 e. The number of carbonyl (C=O) groups excluding carboxylic acids is 1. The zero-order valence-corrected chi connectivity index (χ0v) is 17.2. The van der Waals surface area contributed by atoms with Crippen molar-refractivity contribution in [1.82, 2.24) is 4.98 Å². The first-order chi connectivity index (χ1) is 13.0. The second-order valence-corrected chi connectivity index (χ2v) is 7.28. The van der Waals surface area contributed by atoms with Crippen molar-refractivity contribution in [2.24, 2.45) is 5.73 Å². The van der Waals surface area contributed by atoms with Gasteiger partial charge in [-0.2, -0.15) is 0 Å². The maximum absolute atomic E-state index is 12.6. The highest BCUT2D eigenvalue weighted by atomic mass is 35.5. The van der Waals surface area contributed by atoms with Gasteiger partial charge in [-0.25, -0.2) is 4.98 Å². The van der Waals surface area contributed by atoms with Crippen LogP contribution in [0.1, 0.15) is 50.8 Å². The van der Waals surface area contributed by atoms with Crippen LogP contribution in [0.5, 0.6) is 0 Å². The van der Waals surface area contributed by atoms with Crippen molar-refractivity contribution in [3.8, 4) is 0 Å². The van der Waals surface area contributed by atoms with Crippen LogP contribution in [0.3, 0.4) is 0 Å². The summed E-state index contributed by atoms with van der Waals surface area (Å²) in [5.74, 6) is 0.883. The molecular weight excluding hydrogens is 358 g/mol. The van der Waals surface area contributed by atoms with Crippen LogP contribution in [0, 0.1) is 0 Å². The molecule has 1 aromatic carbocycles. The number of benzene rings is 1. The lowest BCUT2D eigenvalue weighted by Gasteiger charge is -2.21. The van der Waals surface area contributed by atoms with E-state index in [0.29, 0.717) is 5.02 Å². The number of nitrogens with two attached hydrogens (primary N) is 1. The van der Waals surface area contributed by atoms with Gasteiger partial charge in [0.05, 0.1) is 6.04 Å². The highest BCUT2D eigenvalue weighted by molar-refractivity contribution is 6.30. The van der Waals surface area contributed by atoms with Crippen LogP contribution < -0.4 is 10.6 Å². The molecule has 0 saturated carbocycles. The van der Waals surface area contributed by atoms with E-state index in [-0.39, 0.29) is 11.7 Å². The van der Waals surface area contributed by atoms with Crippen molar-refractivity contribution in [2.45, 2.75) is 52.0 Å². The number of nitrogens with zero attached hydrogens (tertiary/aromatic N) is 2. The Balaban J connectivity index is 2.06. The van der Waals surface area contributed by atoms with Gasteiger partial charge in [-0.15, -0.1) is 0 Å². The first kappa shape index (κ1) is 21.4. The SMILES string of the molecule is CCN(CC)c1cccc(CCCC(C(=O)[C@H](C)N)c2ccc(Cl)cc2)n1. The molecule has 0 bridgehead atoms. The fourth-order valence-electron chi connectivity index (χ4n) is 3.30. The van der Waals surface area contributed by atoms with E-state index in [1.54, 1.807) is 6.92 Å². The zero-order valence-electron chi connectivity index (χ0n) is 16.5. The molecule has 5 heteroatoms. The minimum Gasteiger partial charge on any atom is -0.357 e. The minimum atomic E-state index is -0.477. The number of anilines is 1. The van der Waals surface area contributed by atoms with E-state index in [2.05, 4.69) is 30.9 Å². The highest BCUT2D eigenvalue weighted by Gasteiger charge is 2.23. The van der Waals surface area contributed by atoms with E-state index in [1.807, 2.05) is 30.3 Å². The predicted molar refractivity (Wildman–Crippen MR) is 114 cm³/mol. The molecule has 1 aromatic heterocycles. The molecule has 0 aliphatic heterocycles. The van der Waals surface area contributed by atoms with E-state index in [0.717, 1.165) is 49.4 Å². The molecule has 1 heterocycles. The van der Waals surface area contributed by atoms with E-state index in [4.69, 9.17) is 22.3 Å². The molecule has 0 amide bonds. The van der Waals surface area contributed by atoms with Crippen LogP contribution >= 0.6 is 11.6 Å². The Morgan fingerprint density at radius 2 is 1.81 bits per heavy atom. The number of Topliss-reactive ketones (excluding diaryl/α,β-unsaturated/α-hetero) is 1. The molecule has 4 nitrogen and oxygen atoms in total. The Morgan fingerprint density at radius 3 is 2.41 bits per heavy atom. The Morgan fingerprint density at radius 1 is 1.15 bits per heavy atom. The van der Waals surface area contributed by atoms with Gasteiger partial charge in [-0.05, 0) is 69.9 Å². The maximum atomic E-state index is 12.6. The van der Waals surface area contributed by atoms with Gasteiger partial charge in [0, 0.05) is 29.7 Å². The number of carbonyl (C=O) groups is 1. The molecule has 0 spiro atoms. The zero-order chi connectivity index (χ0) is 19.8. The molecular formula is C22H30ClN3O. The largest absolute Gasteiger partial charge is 0.357 e. The topological polar surface area (TPSA) is 59.2 Å². The molecule has 0 radical (unpaired) electrons. The normalized spacial score (nSPS) is 13.2. The third kappa shape index (κ3) is 6.05. The molecule has 2 aromatic rings. The summed E-state index contributed by atoms with van der Waals surface area (Å²) in [5, 5.41) is 0.670. The second kappa shape index (κ2) is 10.4. The second-order valence-electron chi connectivity index (χ2n) is 6.85. The van der Waals surface area contributed by atoms with Crippen molar-refractivity contribution < 1.29 is 4.79 Å². The summed E-state index contributed by atoms with van der Waals surface area (Å²) in [6, 6.07) is 13.2. The van der Waals surface area contributed by atoms with Gasteiger partial charge in [0.2, 0.25) is 0 Å². The van der Waals surface area contributed by atoms with Crippen molar-refractivity contribution in [3.05, 3.63) is 58.7 Å². The number of hydrogen-bond acceptors (Lipinski definition) is 4. The summed E-state index contributed by atoms with van der Waals surface area (Å²) >= 11 is 5.99. The van der Waals surface area contributed by atoms with E-state index in [9.17, 15) is 4.79 Å². The Labute approximate surface area is 167 Å². The number of hydrogen-bond donors (Lipinski definition) is 1. The first-order valence-electron chi connectivity index (χ1n) is 9.71. The molecule has 1 unspecified atom stereocenters. The van der Waals surface area contributed by atoms with E-state index >= 15 is 0 Å². The summed E-state index contributed by atoms with van der Waals surface area (Å²) in [6.07, 6.45) is 2.46. The van der Waals surface area contributed by atoms with Gasteiger partial charge in [-0.3, -0.25) is 4.79 Å². The van der Waals surface area contributed by atoms with Gasteiger partial charge >= 0.3 is 0 Å². The number of rotatable bonds is 10. The summed E-state index contributed by atoms with van der Waals surface area (Å²) in [5.41, 5.74) is 7.91. The molecule has 0 fully saturated rings. The van der Waals surface area contributed by atoms with Crippen LogP contribution in [-0.4, -0.2) is 29.9 Å². The Hall–Kier alpha value is -1.91. The van der Waals surface area contributed by atoms with Gasteiger partial charge in [0.1, 0.15) is 5.82 Å².